The van der Waals surface area contributed by atoms with E-state index >= 15 is 0 Å². The maximum atomic E-state index is 14.3. The summed E-state index contributed by atoms with van der Waals surface area (Å²) in [5.41, 5.74) is 6.68. The number of hydrogen-bond acceptors (Lipinski definition) is 4. The minimum atomic E-state index is -0.0503. The molecule has 0 saturated carbocycles. The highest BCUT2D eigenvalue weighted by molar-refractivity contribution is 6.33. The number of rotatable bonds is 2. The number of anilines is 1. The van der Waals surface area contributed by atoms with Gasteiger partial charge in [-0.2, -0.15) is 5.10 Å². The number of nitrogens with zero attached hydrogens (tertiary/aromatic N) is 5. The Morgan fingerprint density at radius 3 is 2.61 bits per heavy atom. The molecular weight excluding hydrogens is 437 g/mol. The van der Waals surface area contributed by atoms with Crippen LogP contribution < -0.4 is 4.90 Å². The second-order valence-electron chi connectivity index (χ2n) is 9.47. The maximum Gasteiger partial charge on any atom is 0.155 e. The molecule has 0 radical (unpaired) electrons. The quantitative estimate of drug-likeness (QED) is 0.390. The number of fused-ring (bicyclic) bond motifs is 2. The van der Waals surface area contributed by atoms with Crippen LogP contribution in [0.3, 0.4) is 0 Å². The smallest absolute Gasteiger partial charge is 0.155 e. The van der Waals surface area contributed by atoms with Crippen molar-refractivity contribution in [2.75, 3.05) is 18.0 Å². The first-order valence-corrected chi connectivity index (χ1v) is 11.8. The molecular formula is C26H25ClFN5. The molecule has 6 rings (SSSR count). The zero-order valence-electron chi connectivity index (χ0n) is 18.8. The van der Waals surface area contributed by atoms with E-state index in [1.807, 2.05) is 42.8 Å². The normalized spacial score (nSPS) is 17.2. The number of piperidine rings is 1. The van der Waals surface area contributed by atoms with E-state index in [1.54, 1.807) is 12.3 Å². The lowest BCUT2D eigenvalue weighted by atomic mass is 9.76. The predicted molar refractivity (Wildman–Crippen MR) is 128 cm³/mol. The van der Waals surface area contributed by atoms with E-state index in [9.17, 15) is 4.39 Å². The molecule has 1 aliphatic carbocycles. The van der Waals surface area contributed by atoms with Gasteiger partial charge in [-0.15, -0.1) is 0 Å². The van der Waals surface area contributed by atoms with Gasteiger partial charge in [-0.3, -0.25) is 4.98 Å². The van der Waals surface area contributed by atoms with Crippen molar-refractivity contribution in [3.63, 3.8) is 0 Å². The Labute approximate surface area is 197 Å². The van der Waals surface area contributed by atoms with Crippen LogP contribution in [0.4, 0.5) is 10.2 Å². The van der Waals surface area contributed by atoms with Crippen LogP contribution in [0.15, 0.2) is 42.7 Å². The van der Waals surface area contributed by atoms with Gasteiger partial charge in [0.05, 0.1) is 28.3 Å². The second kappa shape index (κ2) is 7.52. The van der Waals surface area contributed by atoms with Crippen molar-refractivity contribution in [2.45, 2.75) is 39.5 Å². The van der Waals surface area contributed by atoms with Gasteiger partial charge in [0.2, 0.25) is 0 Å². The van der Waals surface area contributed by atoms with Gasteiger partial charge in [0.25, 0.3) is 0 Å². The summed E-state index contributed by atoms with van der Waals surface area (Å²) in [6.07, 6.45) is 7.45. The molecule has 4 heterocycles. The molecule has 7 heteroatoms. The number of pyridine rings is 1. The highest BCUT2D eigenvalue weighted by Gasteiger charge is 2.41. The van der Waals surface area contributed by atoms with Gasteiger partial charge in [0, 0.05) is 24.8 Å². The number of benzene rings is 1. The summed E-state index contributed by atoms with van der Waals surface area (Å²) < 4.78 is 16.3. The standard InChI is InChI=1S/C26H25ClFN5/c1-16-23(27)19(6-10-29-16)24-17(2)31-25(22-7-11-30-33(22)24)32-12-8-26(9-13-32)14-18-4-3-5-21(28)20(18)15-26/h3-7,10-11H,8-9,12-15H2,1-2H3. The fourth-order valence-electron chi connectivity index (χ4n) is 5.70. The molecule has 0 unspecified atom stereocenters. The zero-order valence-corrected chi connectivity index (χ0v) is 19.5. The van der Waals surface area contributed by atoms with E-state index in [0.717, 1.165) is 78.3 Å². The number of halogens is 2. The molecule has 3 aromatic heterocycles. The van der Waals surface area contributed by atoms with Crippen LogP contribution in [0, 0.1) is 25.1 Å². The third kappa shape index (κ3) is 3.22. The molecule has 0 atom stereocenters. The van der Waals surface area contributed by atoms with Crippen molar-refractivity contribution in [1.82, 2.24) is 19.6 Å². The summed E-state index contributed by atoms with van der Waals surface area (Å²) in [7, 11) is 0. The van der Waals surface area contributed by atoms with Crippen LogP contribution >= 0.6 is 11.6 Å². The highest BCUT2D eigenvalue weighted by atomic mass is 35.5. The number of hydrogen-bond donors (Lipinski definition) is 0. The minimum absolute atomic E-state index is 0.0503. The number of aryl methyl sites for hydroxylation is 2. The minimum Gasteiger partial charge on any atom is -0.355 e. The summed E-state index contributed by atoms with van der Waals surface area (Å²) in [6, 6.07) is 9.45. The lowest BCUT2D eigenvalue weighted by Gasteiger charge is -2.40. The van der Waals surface area contributed by atoms with Crippen molar-refractivity contribution < 1.29 is 4.39 Å². The Morgan fingerprint density at radius 2 is 1.82 bits per heavy atom. The first-order valence-electron chi connectivity index (χ1n) is 11.4. The first-order chi connectivity index (χ1) is 16.0. The van der Waals surface area contributed by atoms with Gasteiger partial charge in [-0.1, -0.05) is 23.7 Å². The average Bonchev–Trinajstić information content (AvgIpc) is 3.42. The average molecular weight is 462 g/mol. The van der Waals surface area contributed by atoms with Crippen LogP contribution in [0.1, 0.15) is 35.4 Å². The Bertz CT molecular complexity index is 1390. The molecule has 1 saturated heterocycles. The van der Waals surface area contributed by atoms with Gasteiger partial charge in [-0.25, -0.2) is 13.9 Å². The SMILES string of the molecule is Cc1nccc(-c2c(C)nc(N3CCC4(CC3)Cc3cccc(F)c3C4)c3ccnn23)c1Cl. The highest BCUT2D eigenvalue weighted by Crippen LogP contribution is 2.46. The predicted octanol–water partition coefficient (Wildman–Crippen LogP) is 5.59. The summed E-state index contributed by atoms with van der Waals surface area (Å²) in [4.78, 5) is 11.7. The van der Waals surface area contributed by atoms with Gasteiger partial charge in [0.1, 0.15) is 11.3 Å². The lowest BCUT2D eigenvalue weighted by molar-refractivity contribution is 0.231. The summed E-state index contributed by atoms with van der Waals surface area (Å²) in [5, 5.41) is 5.24. The monoisotopic (exact) mass is 461 g/mol. The fourth-order valence-corrected chi connectivity index (χ4v) is 5.90. The molecule has 5 nitrogen and oxygen atoms in total. The van der Waals surface area contributed by atoms with Crippen LogP contribution in [0.2, 0.25) is 5.02 Å². The van der Waals surface area contributed by atoms with Gasteiger partial charge in [-0.05, 0) is 74.3 Å². The van der Waals surface area contributed by atoms with E-state index in [2.05, 4.69) is 21.0 Å². The Kier molecular flexibility index (Phi) is 4.70. The van der Waals surface area contributed by atoms with Crippen LogP contribution in [0.5, 0.6) is 0 Å². The van der Waals surface area contributed by atoms with Crippen LogP contribution in [-0.4, -0.2) is 32.7 Å². The summed E-state index contributed by atoms with van der Waals surface area (Å²) >= 11 is 6.61. The first kappa shape index (κ1) is 20.6. The van der Waals surface area contributed by atoms with Gasteiger partial charge in [0.15, 0.2) is 5.82 Å². The van der Waals surface area contributed by atoms with Crippen LogP contribution in [0.25, 0.3) is 16.8 Å². The third-order valence-corrected chi connectivity index (χ3v) is 7.95. The molecule has 4 aromatic rings. The van der Waals surface area contributed by atoms with E-state index in [1.165, 1.54) is 5.56 Å². The molecule has 2 aliphatic rings. The largest absolute Gasteiger partial charge is 0.355 e. The summed E-state index contributed by atoms with van der Waals surface area (Å²) in [6.45, 7) is 5.71. The second-order valence-corrected chi connectivity index (χ2v) is 9.85. The van der Waals surface area contributed by atoms with Gasteiger partial charge >= 0.3 is 0 Å². The molecule has 33 heavy (non-hydrogen) atoms. The van der Waals surface area contributed by atoms with E-state index in [4.69, 9.17) is 16.6 Å². The zero-order chi connectivity index (χ0) is 22.7. The Hall–Kier alpha value is -2.99. The number of aromatic nitrogens is 4. The van der Waals surface area contributed by atoms with E-state index in [0.29, 0.717) is 5.02 Å². The fraction of sp³-hybridized carbons (Fsp3) is 0.346. The third-order valence-electron chi connectivity index (χ3n) is 7.48. The van der Waals surface area contributed by atoms with Crippen molar-refractivity contribution in [3.05, 3.63) is 76.1 Å². The topological polar surface area (TPSA) is 46.3 Å². The molecule has 1 fully saturated rings. The van der Waals surface area contributed by atoms with Crippen molar-refractivity contribution in [3.8, 4) is 11.3 Å². The Morgan fingerprint density at radius 1 is 1.00 bits per heavy atom. The molecule has 168 valence electrons. The molecule has 1 aliphatic heterocycles. The van der Waals surface area contributed by atoms with Gasteiger partial charge < -0.3 is 4.90 Å². The Balaban J connectivity index is 1.33. The molecule has 1 spiro atoms. The van der Waals surface area contributed by atoms with E-state index < -0.39 is 0 Å². The molecule has 0 amide bonds. The lowest BCUT2D eigenvalue weighted by Crippen LogP contribution is -2.41. The van der Waals surface area contributed by atoms with Crippen molar-refractivity contribution in [1.29, 1.82) is 0 Å². The van der Waals surface area contributed by atoms with Crippen LogP contribution in [-0.2, 0) is 12.8 Å². The van der Waals surface area contributed by atoms with E-state index in [-0.39, 0.29) is 11.2 Å². The molecule has 0 N–H and O–H groups in total. The molecule has 0 bridgehead atoms. The summed E-state index contributed by atoms with van der Waals surface area (Å²) in [5.74, 6) is 0.901. The maximum absolute atomic E-state index is 14.3. The van der Waals surface area contributed by atoms with Crippen molar-refractivity contribution in [2.24, 2.45) is 5.41 Å². The molecule has 1 aromatic carbocycles. The van der Waals surface area contributed by atoms with Crippen molar-refractivity contribution >= 4 is 22.9 Å².